The van der Waals surface area contributed by atoms with Crippen molar-refractivity contribution in [3.05, 3.63) is 80.8 Å². The van der Waals surface area contributed by atoms with Crippen LogP contribution in [0, 0.1) is 0 Å². The third-order valence-corrected chi connectivity index (χ3v) is 4.57. The van der Waals surface area contributed by atoms with E-state index in [0.29, 0.717) is 32.5 Å². The van der Waals surface area contributed by atoms with Gasteiger partial charge in [-0.2, -0.15) is 0 Å². The van der Waals surface area contributed by atoms with Gasteiger partial charge in [0.2, 0.25) is 0 Å². The predicted molar refractivity (Wildman–Crippen MR) is 92.4 cm³/mol. The lowest BCUT2D eigenvalue weighted by atomic mass is 9.96. The number of carbonyl (C=O) groups is 2. The van der Waals surface area contributed by atoms with Crippen LogP contribution in [0.25, 0.3) is 0 Å². The van der Waals surface area contributed by atoms with E-state index in [1.807, 2.05) is 0 Å². The Morgan fingerprint density at radius 3 is 2.08 bits per heavy atom. The number of rotatable bonds is 2. The summed E-state index contributed by atoms with van der Waals surface area (Å²) in [5.41, 5.74) is 2.58. The molecule has 2 aromatic rings. The second kappa shape index (κ2) is 5.58. The van der Waals surface area contributed by atoms with E-state index in [1.54, 1.807) is 48.5 Å². The van der Waals surface area contributed by atoms with Crippen molar-refractivity contribution in [2.75, 3.05) is 0 Å². The van der Waals surface area contributed by atoms with Crippen molar-refractivity contribution in [1.82, 2.24) is 5.32 Å². The standard InChI is InChI=1S/C18H10Cl2N2O2/c19-11-5-1-9(2-6-11)15-13-14(18(24)21-15)16(22-17(13)23)10-3-7-12(20)8-4-10/h1-8,15H,(H,21,24). The van der Waals surface area contributed by atoms with Crippen molar-refractivity contribution in [1.29, 1.82) is 0 Å². The smallest absolute Gasteiger partial charge is 0.276 e. The highest BCUT2D eigenvalue weighted by Gasteiger charge is 2.43. The molecule has 2 heterocycles. The topological polar surface area (TPSA) is 58.5 Å². The van der Waals surface area contributed by atoms with Gasteiger partial charge < -0.3 is 5.32 Å². The summed E-state index contributed by atoms with van der Waals surface area (Å²) in [7, 11) is 0. The zero-order valence-corrected chi connectivity index (χ0v) is 13.7. The molecule has 0 aliphatic carbocycles. The summed E-state index contributed by atoms with van der Waals surface area (Å²) in [6.07, 6.45) is 0. The van der Waals surface area contributed by atoms with Crippen molar-refractivity contribution in [3.8, 4) is 0 Å². The molecule has 0 bridgehead atoms. The van der Waals surface area contributed by atoms with Gasteiger partial charge in [-0.1, -0.05) is 47.5 Å². The van der Waals surface area contributed by atoms with Gasteiger partial charge in [-0.3, -0.25) is 9.59 Å². The van der Waals surface area contributed by atoms with Crippen molar-refractivity contribution in [3.63, 3.8) is 0 Å². The third-order valence-electron chi connectivity index (χ3n) is 4.06. The van der Waals surface area contributed by atoms with Crippen molar-refractivity contribution < 1.29 is 9.59 Å². The first kappa shape index (κ1) is 15.1. The quantitative estimate of drug-likeness (QED) is 0.895. The van der Waals surface area contributed by atoms with Gasteiger partial charge in [0.05, 0.1) is 22.9 Å². The fourth-order valence-corrected chi connectivity index (χ4v) is 3.20. The number of amides is 2. The highest BCUT2D eigenvalue weighted by Crippen LogP contribution is 2.37. The Bertz CT molecular complexity index is 928. The van der Waals surface area contributed by atoms with Gasteiger partial charge in [-0.05, 0) is 29.8 Å². The zero-order valence-electron chi connectivity index (χ0n) is 12.2. The van der Waals surface area contributed by atoms with Gasteiger partial charge in [-0.15, -0.1) is 0 Å². The Morgan fingerprint density at radius 2 is 1.46 bits per heavy atom. The predicted octanol–water partition coefficient (Wildman–Crippen LogP) is 3.49. The maximum Gasteiger partial charge on any atom is 0.276 e. The molecule has 0 radical (unpaired) electrons. The molecule has 0 saturated carbocycles. The van der Waals surface area contributed by atoms with Crippen LogP contribution in [0.5, 0.6) is 0 Å². The average molecular weight is 357 g/mol. The third kappa shape index (κ3) is 2.35. The molecule has 2 aliphatic heterocycles. The van der Waals surface area contributed by atoms with Crippen molar-refractivity contribution in [2.45, 2.75) is 6.04 Å². The second-order valence-electron chi connectivity index (χ2n) is 5.52. The summed E-state index contributed by atoms with van der Waals surface area (Å²) in [5, 5.41) is 4.02. The molecule has 0 spiro atoms. The van der Waals surface area contributed by atoms with Gasteiger partial charge >= 0.3 is 0 Å². The van der Waals surface area contributed by atoms with E-state index in [9.17, 15) is 9.59 Å². The van der Waals surface area contributed by atoms with Gasteiger partial charge in [-0.25, -0.2) is 4.99 Å². The maximum absolute atomic E-state index is 12.4. The molecule has 118 valence electrons. The molecule has 0 fully saturated rings. The van der Waals surface area contributed by atoms with Gasteiger partial charge in [0.25, 0.3) is 11.8 Å². The minimum Gasteiger partial charge on any atom is -0.341 e. The molecule has 4 rings (SSSR count). The van der Waals surface area contributed by atoms with Crippen molar-refractivity contribution >= 4 is 40.7 Å². The summed E-state index contributed by atoms with van der Waals surface area (Å²) in [6, 6.07) is 13.4. The molecular formula is C18H10Cl2N2O2. The number of carbonyl (C=O) groups excluding carboxylic acids is 2. The number of hydrogen-bond donors (Lipinski definition) is 1. The Morgan fingerprint density at radius 1 is 0.875 bits per heavy atom. The van der Waals surface area contributed by atoms with E-state index in [0.717, 1.165) is 5.56 Å². The Kier molecular flexibility index (Phi) is 3.52. The minimum atomic E-state index is -0.509. The van der Waals surface area contributed by atoms with Crippen LogP contribution in [0.3, 0.4) is 0 Å². The molecular weight excluding hydrogens is 347 g/mol. The van der Waals surface area contributed by atoms with Crippen LogP contribution in [-0.2, 0) is 9.59 Å². The average Bonchev–Trinajstić information content (AvgIpc) is 3.08. The largest absolute Gasteiger partial charge is 0.341 e. The monoisotopic (exact) mass is 356 g/mol. The van der Waals surface area contributed by atoms with E-state index in [-0.39, 0.29) is 5.91 Å². The van der Waals surface area contributed by atoms with Crippen LogP contribution in [0.1, 0.15) is 17.2 Å². The molecule has 1 N–H and O–H groups in total. The normalized spacial score (nSPS) is 19.4. The molecule has 2 aromatic carbocycles. The van der Waals surface area contributed by atoms with Gasteiger partial charge in [0.15, 0.2) is 0 Å². The summed E-state index contributed by atoms with van der Waals surface area (Å²) in [4.78, 5) is 29.0. The summed E-state index contributed by atoms with van der Waals surface area (Å²) < 4.78 is 0. The molecule has 2 amide bonds. The molecule has 1 unspecified atom stereocenters. The lowest BCUT2D eigenvalue weighted by Crippen LogP contribution is -2.26. The molecule has 4 nitrogen and oxygen atoms in total. The zero-order chi connectivity index (χ0) is 16.8. The number of aliphatic imine (C=N–C) groups is 1. The Hall–Kier alpha value is -2.43. The van der Waals surface area contributed by atoms with Crippen LogP contribution < -0.4 is 5.32 Å². The molecule has 6 heteroatoms. The first-order valence-corrected chi connectivity index (χ1v) is 8.00. The first-order chi connectivity index (χ1) is 11.5. The van der Waals surface area contributed by atoms with E-state index in [2.05, 4.69) is 10.3 Å². The summed E-state index contributed by atoms with van der Waals surface area (Å²) in [6.45, 7) is 0. The Labute approximate surface area is 147 Å². The molecule has 24 heavy (non-hydrogen) atoms. The first-order valence-electron chi connectivity index (χ1n) is 7.24. The lowest BCUT2D eigenvalue weighted by molar-refractivity contribution is -0.116. The molecule has 0 aromatic heterocycles. The summed E-state index contributed by atoms with van der Waals surface area (Å²) in [5.74, 6) is -0.697. The van der Waals surface area contributed by atoms with Crippen LogP contribution >= 0.6 is 23.2 Å². The van der Waals surface area contributed by atoms with Crippen molar-refractivity contribution in [2.24, 2.45) is 4.99 Å². The van der Waals surface area contributed by atoms with Gasteiger partial charge in [0, 0.05) is 15.6 Å². The SMILES string of the molecule is O=C1N=C(c2ccc(Cl)cc2)C2=C1C(c1ccc(Cl)cc1)NC2=O. The summed E-state index contributed by atoms with van der Waals surface area (Å²) >= 11 is 11.8. The number of nitrogens with zero attached hydrogens (tertiary/aromatic N) is 1. The molecule has 1 atom stereocenters. The van der Waals surface area contributed by atoms with Crippen LogP contribution in [0.15, 0.2) is 64.7 Å². The van der Waals surface area contributed by atoms with Crippen LogP contribution in [0.2, 0.25) is 10.0 Å². The number of hydrogen-bond acceptors (Lipinski definition) is 2. The molecule has 2 aliphatic rings. The van der Waals surface area contributed by atoms with Crippen LogP contribution in [0.4, 0.5) is 0 Å². The second-order valence-corrected chi connectivity index (χ2v) is 6.39. The van der Waals surface area contributed by atoms with E-state index < -0.39 is 11.9 Å². The van der Waals surface area contributed by atoms with Gasteiger partial charge in [0.1, 0.15) is 0 Å². The maximum atomic E-state index is 12.4. The highest BCUT2D eigenvalue weighted by atomic mass is 35.5. The van der Waals surface area contributed by atoms with E-state index in [1.165, 1.54) is 0 Å². The number of nitrogens with one attached hydrogen (secondary N) is 1. The minimum absolute atomic E-state index is 0.301. The number of halogens is 2. The van der Waals surface area contributed by atoms with E-state index >= 15 is 0 Å². The molecule has 0 saturated heterocycles. The lowest BCUT2D eigenvalue weighted by Gasteiger charge is -2.13. The fraction of sp³-hybridized carbons (Fsp3) is 0.0556. The fourth-order valence-electron chi connectivity index (χ4n) is 2.95. The van der Waals surface area contributed by atoms with E-state index in [4.69, 9.17) is 23.2 Å². The van der Waals surface area contributed by atoms with Crippen LogP contribution in [-0.4, -0.2) is 17.5 Å². The highest BCUT2D eigenvalue weighted by molar-refractivity contribution is 6.39. The number of benzene rings is 2. The Balaban J connectivity index is 1.79.